The number of aromatic nitrogens is 3. The standard InChI is InChI=1S/C19H25N7O2/c1-13-11-17(24(2)23-13)26-10-7-15(18(26)27)22-19(28)21-14-6-9-25(12-14)16-5-3-4-8-20-16/h3-5,8,11,14-15H,6-7,9-10,12H2,1-2H3,(H2,21,22,28). The highest BCUT2D eigenvalue weighted by atomic mass is 16.2. The predicted octanol–water partition coefficient (Wildman–Crippen LogP) is 0.807. The van der Waals surface area contributed by atoms with Crippen molar-refractivity contribution in [3.63, 3.8) is 0 Å². The number of hydrogen-bond acceptors (Lipinski definition) is 5. The predicted molar refractivity (Wildman–Crippen MR) is 105 cm³/mol. The molecule has 2 aromatic heterocycles. The third-order valence-electron chi connectivity index (χ3n) is 5.26. The molecule has 2 aromatic rings. The summed E-state index contributed by atoms with van der Waals surface area (Å²) in [6.45, 7) is 4.02. The Morgan fingerprint density at radius 1 is 1.21 bits per heavy atom. The molecule has 2 unspecified atom stereocenters. The number of aryl methyl sites for hydroxylation is 2. The number of pyridine rings is 1. The number of nitrogens with one attached hydrogen (secondary N) is 2. The first-order valence-corrected chi connectivity index (χ1v) is 9.56. The molecule has 2 fully saturated rings. The number of carbonyl (C=O) groups is 2. The van der Waals surface area contributed by atoms with E-state index in [9.17, 15) is 9.59 Å². The summed E-state index contributed by atoms with van der Waals surface area (Å²) in [6, 6.07) is 6.92. The van der Waals surface area contributed by atoms with E-state index in [1.54, 1.807) is 15.8 Å². The molecule has 0 saturated carbocycles. The van der Waals surface area contributed by atoms with Crippen molar-refractivity contribution in [2.75, 3.05) is 29.4 Å². The van der Waals surface area contributed by atoms with Gasteiger partial charge in [0.1, 0.15) is 17.7 Å². The van der Waals surface area contributed by atoms with Crippen molar-refractivity contribution in [3.8, 4) is 0 Å². The lowest BCUT2D eigenvalue weighted by Crippen LogP contribution is -2.49. The Labute approximate surface area is 163 Å². The number of rotatable bonds is 4. The maximum atomic E-state index is 12.7. The van der Waals surface area contributed by atoms with Gasteiger partial charge in [0, 0.05) is 45.0 Å². The van der Waals surface area contributed by atoms with Crippen LogP contribution in [0.1, 0.15) is 18.5 Å². The van der Waals surface area contributed by atoms with Gasteiger partial charge in [-0.15, -0.1) is 0 Å². The molecule has 0 aliphatic carbocycles. The lowest BCUT2D eigenvalue weighted by molar-refractivity contribution is -0.118. The summed E-state index contributed by atoms with van der Waals surface area (Å²) in [5.74, 6) is 1.58. The smallest absolute Gasteiger partial charge is 0.315 e. The van der Waals surface area contributed by atoms with Gasteiger partial charge in [0.2, 0.25) is 0 Å². The minimum Gasteiger partial charge on any atom is -0.354 e. The Bertz CT molecular complexity index is 866. The van der Waals surface area contributed by atoms with Crippen molar-refractivity contribution >= 4 is 23.6 Å². The Morgan fingerprint density at radius 2 is 2.07 bits per heavy atom. The van der Waals surface area contributed by atoms with E-state index < -0.39 is 6.04 Å². The lowest BCUT2D eigenvalue weighted by Gasteiger charge is -2.19. The van der Waals surface area contributed by atoms with Crippen molar-refractivity contribution in [2.24, 2.45) is 7.05 Å². The monoisotopic (exact) mass is 383 g/mol. The molecule has 2 aliphatic heterocycles. The van der Waals surface area contributed by atoms with Gasteiger partial charge in [-0.05, 0) is 31.9 Å². The number of anilines is 2. The third kappa shape index (κ3) is 3.64. The average molecular weight is 383 g/mol. The Hall–Kier alpha value is -3.10. The highest BCUT2D eigenvalue weighted by molar-refractivity contribution is 6.00. The van der Waals surface area contributed by atoms with E-state index in [4.69, 9.17) is 0 Å². The molecule has 2 N–H and O–H groups in total. The van der Waals surface area contributed by atoms with E-state index in [-0.39, 0.29) is 18.0 Å². The third-order valence-corrected chi connectivity index (χ3v) is 5.26. The highest BCUT2D eigenvalue weighted by Gasteiger charge is 2.35. The zero-order chi connectivity index (χ0) is 19.7. The zero-order valence-corrected chi connectivity index (χ0v) is 16.1. The summed E-state index contributed by atoms with van der Waals surface area (Å²) in [5.41, 5.74) is 0.859. The van der Waals surface area contributed by atoms with Crippen LogP contribution in [0.15, 0.2) is 30.5 Å². The van der Waals surface area contributed by atoms with Crippen LogP contribution in [0.25, 0.3) is 0 Å². The van der Waals surface area contributed by atoms with Crippen LogP contribution in [0, 0.1) is 6.92 Å². The van der Waals surface area contributed by atoms with Crippen molar-refractivity contribution in [2.45, 2.75) is 31.8 Å². The van der Waals surface area contributed by atoms with Crippen LogP contribution < -0.4 is 20.4 Å². The number of amides is 3. The van der Waals surface area contributed by atoms with Crippen molar-refractivity contribution in [1.82, 2.24) is 25.4 Å². The number of hydrogen-bond donors (Lipinski definition) is 2. The molecule has 0 radical (unpaired) electrons. The van der Waals surface area contributed by atoms with Gasteiger partial charge in [-0.2, -0.15) is 5.10 Å². The maximum Gasteiger partial charge on any atom is 0.315 e. The summed E-state index contributed by atoms with van der Waals surface area (Å²) in [7, 11) is 1.82. The topological polar surface area (TPSA) is 95.4 Å². The number of nitrogens with zero attached hydrogens (tertiary/aromatic N) is 5. The molecule has 148 valence electrons. The fourth-order valence-corrected chi connectivity index (χ4v) is 3.90. The van der Waals surface area contributed by atoms with Crippen LogP contribution in [-0.2, 0) is 11.8 Å². The molecule has 2 atom stereocenters. The van der Waals surface area contributed by atoms with Crippen LogP contribution in [-0.4, -0.2) is 58.4 Å². The average Bonchev–Trinajstić information content (AvgIpc) is 3.36. The Kier molecular flexibility index (Phi) is 4.89. The minimum atomic E-state index is -0.511. The zero-order valence-electron chi connectivity index (χ0n) is 16.1. The molecular formula is C19H25N7O2. The maximum absolute atomic E-state index is 12.7. The Balaban J connectivity index is 1.30. The van der Waals surface area contributed by atoms with Crippen molar-refractivity contribution < 1.29 is 9.59 Å². The summed E-state index contributed by atoms with van der Waals surface area (Å²) < 4.78 is 1.69. The van der Waals surface area contributed by atoms with Gasteiger partial charge in [-0.1, -0.05) is 6.07 Å². The number of urea groups is 1. The van der Waals surface area contributed by atoms with Gasteiger partial charge in [0.15, 0.2) is 0 Å². The summed E-state index contributed by atoms with van der Waals surface area (Å²) in [4.78, 5) is 33.3. The molecule has 0 bridgehead atoms. The molecular weight excluding hydrogens is 358 g/mol. The van der Waals surface area contributed by atoms with Crippen LogP contribution in [0.3, 0.4) is 0 Å². The van der Waals surface area contributed by atoms with Gasteiger partial charge in [-0.25, -0.2) is 9.78 Å². The van der Waals surface area contributed by atoms with Gasteiger partial charge in [0.25, 0.3) is 5.91 Å². The second-order valence-electron chi connectivity index (χ2n) is 7.34. The second kappa shape index (κ2) is 7.49. The molecule has 0 spiro atoms. The van der Waals surface area contributed by atoms with Gasteiger partial charge < -0.3 is 15.5 Å². The van der Waals surface area contributed by atoms with Crippen LogP contribution >= 0.6 is 0 Å². The molecule has 2 aliphatic rings. The fourth-order valence-electron chi connectivity index (χ4n) is 3.90. The molecule has 0 aromatic carbocycles. The quantitative estimate of drug-likeness (QED) is 0.815. The van der Waals surface area contributed by atoms with E-state index >= 15 is 0 Å². The molecule has 4 heterocycles. The largest absolute Gasteiger partial charge is 0.354 e. The molecule has 2 saturated heterocycles. The van der Waals surface area contributed by atoms with E-state index in [0.29, 0.717) is 19.5 Å². The molecule has 9 heteroatoms. The molecule has 4 rings (SSSR count). The first kappa shape index (κ1) is 18.3. The SMILES string of the molecule is Cc1cc(N2CCC(NC(=O)NC3CCN(c4ccccn4)C3)C2=O)n(C)n1. The van der Waals surface area contributed by atoms with E-state index in [2.05, 4.69) is 25.6 Å². The van der Waals surface area contributed by atoms with Crippen LogP contribution in [0.2, 0.25) is 0 Å². The summed E-state index contributed by atoms with van der Waals surface area (Å²) in [6.07, 6.45) is 3.20. The summed E-state index contributed by atoms with van der Waals surface area (Å²) >= 11 is 0. The van der Waals surface area contributed by atoms with Crippen LogP contribution in [0.5, 0.6) is 0 Å². The fraction of sp³-hybridized carbons (Fsp3) is 0.474. The summed E-state index contributed by atoms with van der Waals surface area (Å²) in [5, 5.41) is 10.1. The second-order valence-corrected chi connectivity index (χ2v) is 7.34. The van der Waals surface area contributed by atoms with E-state index in [1.165, 1.54) is 0 Å². The van der Waals surface area contributed by atoms with Gasteiger partial charge in [-0.3, -0.25) is 14.4 Å². The molecule has 9 nitrogen and oxygen atoms in total. The first-order chi connectivity index (χ1) is 13.5. The van der Waals surface area contributed by atoms with Crippen molar-refractivity contribution in [1.29, 1.82) is 0 Å². The van der Waals surface area contributed by atoms with E-state index in [0.717, 1.165) is 30.3 Å². The minimum absolute atomic E-state index is 0.0364. The molecule has 28 heavy (non-hydrogen) atoms. The highest BCUT2D eigenvalue weighted by Crippen LogP contribution is 2.22. The molecule has 3 amide bonds. The lowest BCUT2D eigenvalue weighted by atomic mass is 10.2. The van der Waals surface area contributed by atoms with Crippen LogP contribution in [0.4, 0.5) is 16.4 Å². The normalized spacial score (nSPS) is 22.0. The van der Waals surface area contributed by atoms with E-state index in [1.807, 2.05) is 38.2 Å². The Morgan fingerprint density at radius 3 is 2.79 bits per heavy atom. The first-order valence-electron chi connectivity index (χ1n) is 9.56. The van der Waals surface area contributed by atoms with Crippen molar-refractivity contribution in [3.05, 3.63) is 36.2 Å². The van der Waals surface area contributed by atoms with Gasteiger partial charge >= 0.3 is 6.03 Å². The van der Waals surface area contributed by atoms with Gasteiger partial charge in [0.05, 0.1) is 5.69 Å². The number of carbonyl (C=O) groups excluding carboxylic acids is 2.